The molecule has 0 unspecified atom stereocenters. The van der Waals surface area contributed by atoms with Gasteiger partial charge in [-0.05, 0) is 35.8 Å². The van der Waals surface area contributed by atoms with E-state index >= 15 is 0 Å². The summed E-state index contributed by atoms with van der Waals surface area (Å²) in [6, 6.07) is 14.6. The molecule has 0 amide bonds. The third-order valence-corrected chi connectivity index (χ3v) is 4.03. The summed E-state index contributed by atoms with van der Waals surface area (Å²) in [6.07, 6.45) is 1.26. The van der Waals surface area contributed by atoms with Gasteiger partial charge in [0.15, 0.2) is 11.5 Å². The van der Waals surface area contributed by atoms with Crippen molar-refractivity contribution < 1.29 is 24.1 Å². The van der Waals surface area contributed by atoms with Crippen molar-refractivity contribution in [1.29, 1.82) is 5.26 Å². The van der Waals surface area contributed by atoms with Crippen LogP contribution in [0.2, 0.25) is 0 Å². The van der Waals surface area contributed by atoms with Crippen molar-refractivity contribution >= 4 is 12.0 Å². The van der Waals surface area contributed by atoms with E-state index in [1.165, 1.54) is 18.7 Å². The number of nitriles is 1. The Balaban J connectivity index is 2.07. The molecule has 0 aliphatic carbocycles. The maximum atomic E-state index is 11.1. The van der Waals surface area contributed by atoms with Gasteiger partial charge >= 0.3 is 5.97 Å². The molecule has 0 radical (unpaired) electrons. The van der Waals surface area contributed by atoms with Gasteiger partial charge in [-0.2, -0.15) is 5.26 Å². The molecule has 0 atom stereocenters. The quantitative estimate of drug-likeness (QED) is 0.396. The summed E-state index contributed by atoms with van der Waals surface area (Å²) >= 11 is 0. The van der Waals surface area contributed by atoms with Gasteiger partial charge in [-0.15, -0.1) is 0 Å². The van der Waals surface area contributed by atoms with Gasteiger partial charge in [0.25, 0.3) is 0 Å². The van der Waals surface area contributed by atoms with E-state index in [2.05, 4.69) is 13.8 Å². The Morgan fingerprint density at radius 3 is 2.39 bits per heavy atom. The lowest BCUT2D eigenvalue weighted by atomic mass is 10.0. The molecule has 2 aromatic rings. The number of rotatable bonds is 9. The zero-order valence-corrected chi connectivity index (χ0v) is 16.1. The monoisotopic (exact) mass is 381 g/mol. The lowest BCUT2D eigenvalue weighted by Gasteiger charge is -2.14. The highest BCUT2D eigenvalue weighted by Crippen LogP contribution is 2.32. The molecule has 6 heteroatoms. The van der Waals surface area contributed by atoms with Crippen LogP contribution in [0.25, 0.3) is 6.08 Å². The Kier molecular flexibility index (Phi) is 7.46. The molecular formula is C22H23NO5. The number of methoxy groups -OCH3 is 1. The third-order valence-electron chi connectivity index (χ3n) is 4.03. The summed E-state index contributed by atoms with van der Waals surface area (Å²) in [4.78, 5) is 11.1. The lowest BCUT2D eigenvalue weighted by molar-refractivity contribution is -0.132. The Labute approximate surface area is 164 Å². The van der Waals surface area contributed by atoms with Crippen LogP contribution >= 0.6 is 0 Å². The molecule has 0 aliphatic heterocycles. The highest BCUT2D eigenvalue weighted by atomic mass is 16.5. The molecule has 146 valence electrons. The normalized spacial score (nSPS) is 11.0. The van der Waals surface area contributed by atoms with Gasteiger partial charge in [-0.3, -0.25) is 0 Å². The summed E-state index contributed by atoms with van der Waals surface area (Å²) in [5, 5.41) is 18.0. The van der Waals surface area contributed by atoms with Gasteiger partial charge in [-0.1, -0.05) is 38.1 Å². The number of carbonyl (C=O) groups is 1. The molecule has 2 aromatic carbocycles. The predicted molar refractivity (Wildman–Crippen MR) is 106 cm³/mol. The molecule has 1 N–H and O–H groups in total. The fraction of sp³-hybridized carbons (Fsp3) is 0.273. The van der Waals surface area contributed by atoms with Gasteiger partial charge in [0, 0.05) is 5.56 Å². The van der Waals surface area contributed by atoms with Crippen LogP contribution in [-0.4, -0.2) is 31.4 Å². The highest BCUT2D eigenvalue weighted by Gasteiger charge is 2.13. The Hall–Kier alpha value is -3.46. The van der Waals surface area contributed by atoms with Gasteiger partial charge in [0.2, 0.25) is 0 Å². The number of nitrogens with zero attached hydrogens (tertiary/aromatic N) is 1. The second-order valence-electron chi connectivity index (χ2n) is 6.27. The third kappa shape index (κ3) is 5.52. The zero-order chi connectivity index (χ0) is 20.5. The first-order chi connectivity index (χ1) is 13.5. The standard InChI is InChI=1S/C22H23NO5/c1-15(2)16-7-9-19(10-8-16)27-11-12-28-21-17(5-4-6-20(21)26-3)13-18(14-23)22(24)25/h4-10,13,15H,11-12H2,1-3H3,(H,24,25). The van der Waals surface area contributed by atoms with E-state index in [4.69, 9.17) is 24.6 Å². The Morgan fingerprint density at radius 1 is 1.14 bits per heavy atom. The topological polar surface area (TPSA) is 88.8 Å². The number of para-hydroxylation sites is 1. The maximum absolute atomic E-state index is 11.1. The minimum absolute atomic E-state index is 0.224. The number of hydrogen-bond acceptors (Lipinski definition) is 5. The Bertz CT molecular complexity index is 879. The van der Waals surface area contributed by atoms with Crippen molar-refractivity contribution in [1.82, 2.24) is 0 Å². The van der Waals surface area contributed by atoms with E-state index in [1.807, 2.05) is 24.3 Å². The second kappa shape index (κ2) is 10.0. The molecule has 0 aromatic heterocycles. The number of benzene rings is 2. The van der Waals surface area contributed by atoms with Gasteiger partial charge in [0.05, 0.1) is 7.11 Å². The van der Waals surface area contributed by atoms with Crippen molar-refractivity contribution in [3.8, 4) is 23.3 Å². The van der Waals surface area contributed by atoms with E-state index in [0.717, 1.165) is 5.75 Å². The summed E-state index contributed by atoms with van der Waals surface area (Å²) < 4.78 is 16.7. The average molecular weight is 381 g/mol. The van der Waals surface area contributed by atoms with Crippen LogP contribution < -0.4 is 14.2 Å². The minimum atomic E-state index is -1.30. The molecule has 0 saturated heterocycles. The van der Waals surface area contributed by atoms with Crippen LogP contribution in [0.5, 0.6) is 17.2 Å². The lowest BCUT2D eigenvalue weighted by Crippen LogP contribution is -2.10. The number of hydrogen-bond donors (Lipinski definition) is 1. The second-order valence-corrected chi connectivity index (χ2v) is 6.27. The molecule has 0 fully saturated rings. The molecule has 0 aliphatic rings. The molecule has 0 saturated carbocycles. The van der Waals surface area contributed by atoms with Crippen LogP contribution in [0.1, 0.15) is 30.9 Å². The Morgan fingerprint density at radius 2 is 1.82 bits per heavy atom. The summed E-state index contributed by atoms with van der Waals surface area (Å²) in [6.45, 7) is 4.78. The molecule has 0 spiro atoms. The molecule has 0 bridgehead atoms. The van der Waals surface area contributed by atoms with Crippen molar-refractivity contribution in [2.75, 3.05) is 20.3 Å². The smallest absolute Gasteiger partial charge is 0.346 e. The van der Waals surface area contributed by atoms with Gasteiger partial charge in [0.1, 0.15) is 30.6 Å². The van der Waals surface area contributed by atoms with Crippen LogP contribution in [0.4, 0.5) is 0 Å². The first kappa shape index (κ1) is 20.8. The van der Waals surface area contributed by atoms with E-state index in [1.54, 1.807) is 24.3 Å². The average Bonchev–Trinajstić information content (AvgIpc) is 2.69. The van der Waals surface area contributed by atoms with E-state index in [9.17, 15) is 4.79 Å². The molecule has 2 rings (SSSR count). The number of aliphatic carboxylic acids is 1. The molecular weight excluding hydrogens is 358 g/mol. The number of carboxylic acids is 1. The van der Waals surface area contributed by atoms with E-state index < -0.39 is 5.97 Å². The van der Waals surface area contributed by atoms with Crippen molar-refractivity contribution in [3.63, 3.8) is 0 Å². The van der Waals surface area contributed by atoms with Crippen molar-refractivity contribution in [2.24, 2.45) is 0 Å². The first-order valence-corrected chi connectivity index (χ1v) is 8.84. The van der Waals surface area contributed by atoms with Crippen molar-refractivity contribution in [2.45, 2.75) is 19.8 Å². The molecule has 28 heavy (non-hydrogen) atoms. The fourth-order valence-corrected chi connectivity index (χ4v) is 2.51. The van der Waals surface area contributed by atoms with Crippen molar-refractivity contribution in [3.05, 3.63) is 59.2 Å². The van der Waals surface area contributed by atoms with Crippen LogP contribution in [0.15, 0.2) is 48.0 Å². The maximum Gasteiger partial charge on any atom is 0.346 e. The van der Waals surface area contributed by atoms with Gasteiger partial charge in [-0.25, -0.2) is 4.79 Å². The first-order valence-electron chi connectivity index (χ1n) is 8.84. The van der Waals surface area contributed by atoms with E-state index in [0.29, 0.717) is 29.6 Å². The van der Waals surface area contributed by atoms with Crippen LogP contribution in [0, 0.1) is 11.3 Å². The minimum Gasteiger partial charge on any atom is -0.493 e. The number of carboxylic acid groups (broad SMARTS) is 1. The number of ether oxygens (including phenoxy) is 3. The zero-order valence-electron chi connectivity index (χ0n) is 16.1. The van der Waals surface area contributed by atoms with Crippen LogP contribution in [0.3, 0.4) is 0 Å². The largest absolute Gasteiger partial charge is 0.493 e. The highest BCUT2D eigenvalue weighted by molar-refractivity contribution is 5.97. The molecule has 6 nitrogen and oxygen atoms in total. The summed E-state index contributed by atoms with van der Waals surface area (Å²) in [5.74, 6) is 0.698. The van der Waals surface area contributed by atoms with E-state index in [-0.39, 0.29) is 12.2 Å². The summed E-state index contributed by atoms with van der Waals surface area (Å²) in [7, 11) is 1.49. The summed E-state index contributed by atoms with van der Waals surface area (Å²) in [5.41, 5.74) is 1.29. The van der Waals surface area contributed by atoms with Gasteiger partial charge < -0.3 is 19.3 Å². The SMILES string of the molecule is COc1cccc(C=C(C#N)C(=O)O)c1OCCOc1ccc(C(C)C)cc1. The fourth-order valence-electron chi connectivity index (χ4n) is 2.51. The predicted octanol–water partition coefficient (Wildman–Crippen LogP) is 4.27. The van der Waals surface area contributed by atoms with Crippen LogP contribution in [-0.2, 0) is 4.79 Å². The molecule has 0 heterocycles.